The Morgan fingerprint density at radius 2 is 2.29 bits per heavy atom. The van der Waals surface area contributed by atoms with Crippen LogP contribution in [0.1, 0.15) is 31.6 Å². The van der Waals surface area contributed by atoms with Crippen LogP contribution in [-0.2, 0) is 4.74 Å². The highest BCUT2D eigenvalue weighted by Crippen LogP contribution is 2.29. The molecule has 0 saturated carbocycles. The SMILES string of the molecule is CC[C@@H]1C[C@H](O)[C@H](n2cc(C)c(=O)[nH]c2=O)O1. The molecule has 1 aromatic rings. The summed E-state index contributed by atoms with van der Waals surface area (Å²) in [6.45, 7) is 3.56. The van der Waals surface area contributed by atoms with Crippen molar-refractivity contribution in [1.82, 2.24) is 9.55 Å². The third kappa shape index (κ3) is 2.18. The van der Waals surface area contributed by atoms with Crippen LogP contribution < -0.4 is 11.2 Å². The number of nitrogens with one attached hydrogen (secondary N) is 1. The van der Waals surface area contributed by atoms with Gasteiger partial charge in [0.25, 0.3) is 5.56 Å². The van der Waals surface area contributed by atoms with Crippen LogP contribution in [-0.4, -0.2) is 26.9 Å². The Morgan fingerprint density at radius 3 is 2.88 bits per heavy atom. The van der Waals surface area contributed by atoms with Gasteiger partial charge in [0.05, 0.1) is 6.10 Å². The standard InChI is InChI=1S/C11H16N2O4/c1-3-7-4-8(14)10(17-7)13-5-6(2)9(15)12-11(13)16/h5,7-8,10,14H,3-4H2,1-2H3,(H,12,15,16)/t7-,8+,10-/m1/s1. The number of rotatable bonds is 2. The lowest BCUT2D eigenvalue weighted by Gasteiger charge is -2.17. The summed E-state index contributed by atoms with van der Waals surface area (Å²) >= 11 is 0. The number of hydrogen-bond acceptors (Lipinski definition) is 4. The highest BCUT2D eigenvalue weighted by Gasteiger charge is 2.34. The molecule has 17 heavy (non-hydrogen) atoms. The lowest BCUT2D eigenvalue weighted by molar-refractivity contribution is -0.0405. The maximum atomic E-state index is 11.6. The zero-order chi connectivity index (χ0) is 12.6. The van der Waals surface area contributed by atoms with Gasteiger partial charge >= 0.3 is 5.69 Å². The maximum absolute atomic E-state index is 11.6. The van der Waals surface area contributed by atoms with E-state index in [0.717, 1.165) is 6.42 Å². The molecule has 0 amide bonds. The first-order valence-electron chi connectivity index (χ1n) is 5.68. The number of aryl methyl sites for hydroxylation is 1. The monoisotopic (exact) mass is 240 g/mol. The third-order valence-corrected chi connectivity index (χ3v) is 3.04. The van der Waals surface area contributed by atoms with E-state index in [0.29, 0.717) is 12.0 Å². The number of H-pyrrole nitrogens is 1. The predicted octanol–water partition coefficient (Wildman–Crippen LogP) is -0.0966. The van der Waals surface area contributed by atoms with Crippen LogP contribution in [0.15, 0.2) is 15.8 Å². The van der Waals surface area contributed by atoms with Crippen molar-refractivity contribution in [2.75, 3.05) is 0 Å². The molecule has 3 atom stereocenters. The minimum Gasteiger partial charge on any atom is -0.388 e. The van der Waals surface area contributed by atoms with Crippen LogP contribution >= 0.6 is 0 Å². The summed E-state index contributed by atoms with van der Waals surface area (Å²) in [5, 5.41) is 9.85. The average molecular weight is 240 g/mol. The molecule has 0 spiro atoms. The highest BCUT2D eigenvalue weighted by molar-refractivity contribution is 5.02. The second-order valence-corrected chi connectivity index (χ2v) is 4.34. The van der Waals surface area contributed by atoms with Gasteiger partial charge in [-0.15, -0.1) is 0 Å². The van der Waals surface area contributed by atoms with Crippen molar-refractivity contribution in [1.29, 1.82) is 0 Å². The van der Waals surface area contributed by atoms with E-state index in [1.54, 1.807) is 6.92 Å². The summed E-state index contributed by atoms with van der Waals surface area (Å²) < 4.78 is 6.82. The van der Waals surface area contributed by atoms with Gasteiger partial charge in [0.2, 0.25) is 0 Å². The molecule has 1 aliphatic rings. The lowest BCUT2D eigenvalue weighted by atomic mass is 10.1. The topological polar surface area (TPSA) is 84.3 Å². The van der Waals surface area contributed by atoms with E-state index in [-0.39, 0.29) is 6.10 Å². The van der Waals surface area contributed by atoms with Gasteiger partial charge in [-0.05, 0) is 13.3 Å². The first kappa shape index (κ1) is 12.1. The predicted molar refractivity (Wildman–Crippen MR) is 60.9 cm³/mol. The van der Waals surface area contributed by atoms with Gasteiger partial charge < -0.3 is 9.84 Å². The second-order valence-electron chi connectivity index (χ2n) is 4.34. The molecule has 2 rings (SSSR count). The second kappa shape index (κ2) is 4.46. The van der Waals surface area contributed by atoms with Crippen LogP contribution in [0.5, 0.6) is 0 Å². The minimum atomic E-state index is -0.719. The molecule has 0 aromatic carbocycles. The first-order chi connectivity index (χ1) is 8.02. The van der Waals surface area contributed by atoms with Crippen LogP contribution in [0, 0.1) is 6.92 Å². The fourth-order valence-corrected chi connectivity index (χ4v) is 2.02. The first-order valence-corrected chi connectivity index (χ1v) is 5.68. The summed E-state index contributed by atoms with van der Waals surface area (Å²) in [6, 6.07) is 0. The van der Waals surface area contributed by atoms with Gasteiger partial charge in [-0.3, -0.25) is 14.3 Å². The fourth-order valence-electron chi connectivity index (χ4n) is 2.02. The van der Waals surface area contributed by atoms with Gasteiger partial charge in [0.1, 0.15) is 6.10 Å². The quantitative estimate of drug-likeness (QED) is 0.756. The molecular formula is C11H16N2O4. The molecule has 1 fully saturated rings. The maximum Gasteiger partial charge on any atom is 0.330 e. The van der Waals surface area contributed by atoms with Crippen molar-refractivity contribution < 1.29 is 9.84 Å². The van der Waals surface area contributed by atoms with E-state index in [1.807, 2.05) is 6.92 Å². The van der Waals surface area contributed by atoms with E-state index < -0.39 is 23.6 Å². The number of aliphatic hydroxyl groups excluding tert-OH is 1. The summed E-state index contributed by atoms with van der Waals surface area (Å²) in [5.41, 5.74) is -0.549. The van der Waals surface area contributed by atoms with E-state index in [1.165, 1.54) is 10.8 Å². The van der Waals surface area contributed by atoms with Crippen molar-refractivity contribution in [3.05, 3.63) is 32.6 Å². The molecule has 2 N–H and O–H groups in total. The normalized spacial score (nSPS) is 28.5. The molecule has 1 saturated heterocycles. The fraction of sp³-hybridized carbons (Fsp3) is 0.636. The van der Waals surface area contributed by atoms with E-state index in [4.69, 9.17) is 4.74 Å². The number of ether oxygens (including phenoxy) is 1. The van der Waals surface area contributed by atoms with E-state index >= 15 is 0 Å². The molecule has 0 bridgehead atoms. The number of hydrogen-bond donors (Lipinski definition) is 2. The van der Waals surface area contributed by atoms with Gasteiger partial charge in [-0.1, -0.05) is 6.92 Å². The highest BCUT2D eigenvalue weighted by atomic mass is 16.5. The molecule has 94 valence electrons. The lowest BCUT2D eigenvalue weighted by Crippen LogP contribution is -2.36. The minimum absolute atomic E-state index is 0.0471. The number of nitrogens with zero attached hydrogens (tertiary/aromatic N) is 1. The molecule has 0 radical (unpaired) electrons. The summed E-state index contributed by atoms with van der Waals surface area (Å²) in [4.78, 5) is 25.1. The van der Waals surface area contributed by atoms with Crippen molar-refractivity contribution in [3.8, 4) is 0 Å². The van der Waals surface area contributed by atoms with Crippen LogP contribution in [0.25, 0.3) is 0 Å². The number of aromatic nitrogens is 2. The molecule has 0 aliphatic carbocycles. The van der Waals surface area contributed by atoms with Gasteiger partial charge in [0.15, 0.2) is 6.23 Å². The summed E-state index contributed by atoms with van der Waals surface area (Å²) in [7, 11) is 0. The summed E-state index contributed by atoms with van der Waals surface area (Å²) in [6.07, 6.45) is 1.24. The molecule has 1 aromatic heterocycles. The Balaban J connectivity index is 2.38. The molecule has 6 nitrogen and oxygen atoms in total. The van der Waals surface area contributed by atoms with Crippen LogP contribution in [0.2, 0.25) is 0 Å². The van der Waals surface area contributed by atoms with Crippen LogP contribution in [0.4, 0.5) is 0 Å². The Morgan fingerprint density at radius 1 is 1.59 bits per heavy atom. The van der Waals surface area contributed by atoms with Gasteiger partial charge in [0, 0.05) is 18.2 Å². The number of aliphatic hydroxyl groups is 1. The zero-order valence-corrected chi connectivity index (χ0v) is 9.84. The van der Waals surface area contributed by atoms with Crippen molar-refractivity contribution in [2.24, 2.45) is 0 Å². The van der Waals surface area contributed by atoms with Gasteiger partial charge in [-0.25, -0.2) is 4.79 Å². The number of aromatic amines is 1. The van der Waals surface area contributed by atoms with Gasteiger partial charge in [-0.2, -0.15) is 0 Å². The average Bonchev–Trinajstić information content (AvgIpc) is 2.65. The van der Waals surface area contributed by atoms with E-state index in [9.17, 15) is 14.7 Å². The molecule has 2 heterocycles. The Labute approximate surface area is 97.9 Å². The molecule has 1 aliphatic heterocycles. The van der Waals surface area contributed by atoms with Crippen molar-refractivity contribution in [2.45, 2.75) is 45.1 Å². The molecule has 6 heteroatoms. The Hall–Kier alpha value is -1.40. The van der Waals surface area contributed by atoms with E-state index in [2.05, 4.69) is 4.98 Å². The Kier molecular flexibility index (Phi) is 3.17. The third-order valence-electron chi connectivity index (χ3n) is 3.04. The van der Waals surface area contributed by atoms with Crippen LogP contribution in [0.3, 0.4) is 0 Å². The smallest absolute Gasteiger partial charge is 0.330 e. The Bertz CT molecular complexity index is 519. The molecule has 0 unspecified atom stereocenters. The summed E-state index contributed by atoms with van der Waals surface area (Å²) in [5.74, 6) is 0. The largest absolute Gasteiger partial charge is 0.388 e. The van der Waals surface area contributed by atoms with Crippen molar-refractivity contribution in [3.63, 3.8) is 0 Å². The molecular weight excluding hydrogens is 224 g/mol. The van der Waals surface area contributed by atoms with Crippen molar-refractivity contribution >= 4 is 0 Å². The zero-order valence-electron chi connectivity index (χ0n) is 9.84.